The summed E-state index contributed by atoms with van der Waals surface area (Å²) in [5, 5.41) is 3.53. The van der Waals surface area contributed by atoms with Gasteiger partial charge in [0.15, 0.2) is 0 Å². The van der Waals surface area contributed by atoms with Gasteiger partial charge < -0.3 is 11.1 Å². The van der Waals surface area contributed by atoms with Crippen molar-refractivity contribution >= 4 is 23.2 Å². The summed E-state index contributed by atoms with van der Waals surface area (Å²) in [6, 6.07) is 5.50. The van der Waals surface area contributed by atoms with E-state index in [1.807, 2.05) is 19.1 Å². The van der Waals surface area contributed by atoms with E-state index in [2.05, 4.69) is 5.32 Å². The maximum atomic E-state index is 10.5. The molecule has 0 aromatic heterocycles. The van der Waals surface area contributed by atoms with Crippen LogP contribution in [-0.4, -0.2) is 12.5 Å². The van der Waals surface area contributed by atoms with Crippen LogP contribution in [0.5, 0.6) is 0 Å². The van der Waals surface area contributed by atoms with Crippen LogP contribution in [0.15, 0.2) is 18.2 Å². The number of amides is 1. The van der Waals surface area contributed by atoms with Gasteiger partial charge in [-0.15, -0.1) is 0 Å². The highest BCUT2D eigenvalue weighted by Gasteiger charge is 1.98. The van der Waals surface area contributed by atoms with E-state index in [1.165, 1.54) is 0 Å². The SMILES string of the molecule is Cc1ccc(NCC(N)=O)cc1Cl. The van der Waals surface area contributed by atoms with Crippen molar-refractivity contribution in [2.24, 2.45) is 5.73 Å². The van der Waals surface area contributed by atoms with Gasteiger partial charge in [-0.05, 0) is 24.6 Å². The number of anilines is 1. The number of carbonyl (C=O) groups excluding carboxylic acids is 1. The topological polar surface area (TPSA) is 55.1 Å². The van der Waals surface area contributed by atoms with Crippen molar-refractivity contribution in [1.29, 1.82) is 0 Å². The molecule has 70 valence electrons. The molecule has 0 aliphatic rings. The first-order valence-electron chi connectivity index (χ1n) is 3.88. The Morgan fingerprint density at radius 3 is 2.85 bits per heavy atom. The van der Waals surface area contributed by atoms with Crippen LogP contribution in [0.1, 0.15) is 5.56 Å². The van der Waals surface area contributed by atoms with Gasteiger partial charge in [-0.2, -0.15) is 0 Å². The summed E-state index contributed by atoms with van der Waals surface area (Å²) in [5.41, 5.74) is 6.78. The number of rotatable bonds is 3. The molecule has 4 heteroatoms. The van der Waals surface area contributed by atoms with E-state index in [1.54, 1.807) is 6.07 Å². The van der Waals surface area contributed by atoms with Gasteiger partial charge in [-0.1, -0.05) is 17.7 Å². The number of halogens is 1. The molecule has 0 bridgehead atoms. The summed E-state index contributed by atoms with van der Waals surface area (Å²) in [6.45, 7) is 2.04. The molecule has 0 aliphatic heterocycles. The Bertz CT molecular complexity index is 325. The maximum Gasteiger partial charge on any atom is 0.236 e. The number of carbonyl (C=O) groups is 1. The summed E-state index contributed by atoms with van der Waals surface area (Å²) in [5.74, 6) is -0.392. The number of hydrogen-bond donors (Lipinski definition) is 2. The third-order valence-electron chi connectivity index (χ3n) is 1.64. The lowest BCUT2D eigenvalue weighted by Crippen LogP contribution is -2.21. The first kappa shape index (κ1) is 9.86. The van der Waals surface area contributed by atoms with Gasteiger partial charge in [-0.3, -0.25) is 4.79 Å². The Kier molecular flexibility index (Phi) is 3.14. The summed E-state index contributed by atoms with van der Waals surface area (Å²) < 4.78 is 0. The van der Waals surface area contributed by atoms with Crippen molar-refractivity contribution in [1.82, 2.24) is 0 Å². The van der Waals surface area contributed by atoms with E-state index < -0.39 is 5.91 Å². The Labute approximate surface area is 81.9 Å². The Hall–Kier alpha value is -1.22. The van der Waals surface area contributed by atoms with Crippen LogP contribution in [0, 0.1) is 6.92 Å². The van der Waals surface area contributed by atoms with Gasteiger partial charge in [-0.25, -0.2) is 0 Å². The summed E-state index contributed by atoms with van der Waals surface area (Å²) >= 11 is 5.87. The second kappa shape index (κ2) is 4.14. The van der Waals surface area contributed by atoms with Gasteiger partial charge in [0.25, 0.3) is 0 Å². The van der Waals surface area contributed by atoms with Gasteiger partial charge >= 0.3 is 0 Å². The van der Waals surface area contributed by atoms with Gasteiger partial charge in [0.05, 0.1) is 6.54 Å². The van der Waals surface area contributed by atoms with Crippen molar-refractivity contribution in [2.75, 3.05) is 11.9 Å². The van der Waals surface area contributed by atoms with Crippen LogP contribution in [0.3, 0.4) is 0 Å². The van der Waals surface area contributed by atoms with Crippen LogP contribution in [-0.2, 0) is 4.79 Å². The molecule has 0 aliphatic carbocycles. The first-order valence-corrected chi connectivity index (χ1v) is 4.25. The standard InChI is InChI=1S/C9H11ClN2O/c1-6-2-3-7(4-8(6)10)12-5-9(11)13/h2-4,12H,5H2,1H3,(H2,11,13). The molecular formula is C9H11ClN2O. The third-order valence-corrected chi connectivity index (χ3v) is 2.05. The van der Waals surface area contributed by atoms with Gasteiger partial charge in [0.2, 0.25) is 5.91 Å². The Morgan fingerprint density at radius 2 is 2.31 bits per heavy atom. The van der Waals surface area contributed by atoms with E-state index in [0.717, 1.165) is 11.3 Å². The molecule has 13 heavy (non-hydrogen) atoms. The highest BCUT2D eigenvalue weighted by atomic mass is 35.5. The maximum absolute atomic E-state index is 10.5. The minimum Gasteiger partial charge on any atom is -0.376 e. The molecule has 0 radical (unpaired) electrons. The molecule has 0 unspecified atom stereocenters. The molecule has 1 rings (SSSR count). The smallest absolute Gasteiger partial charge is 0.236 e. The van der Waals surface area contributed by atoms with Gasteiger partial charge in [0, 0.05) is 10.7 Å². The van der Waals surface area contributed by atoms with E-state index in [-0.39, 0.29) is 6.54 Å². The average molecular weight is 199 g/mol. The number of primary amides is 1. The summed E-state index contributed by atoms with van der Waals surface area (Å²) in [4.78, 5) is 10.5. The van der Waals surface area contributed by atoms with Crippen molar-refractivity contribution < 1.29 is 4.79 Å². The average Bonchev–Trinajstić information content (AvgIpc) is 2.07. The quantitative estimate of drug-likeness (QED) is 0.774. The minimum absolute atomic E-state index is 0.124. The molecule has 1 aromatic carbocycles. The molecule has 0 fully saturated rings. The monoisotopic (exact) mass is 198 g/mol. The lowest BCUT2D eigenvalue weighted by atomic mass is 10.2. The van der Waals surface area contributed by atoms with Crippen LogP contribution in [0.2, 0.25) is 5.02 Å². The number of nitrogens with one attached hydrogen (secondary N) is 1. The molecule has 3 N–H and O–H groups in total. The number of nitrogens with two attached hydrogens (primary N) is 1. The highest BCUT2D eigenvalue weighted by molar-refractivity contribution is 6.31. The predicted octanol–water partition coefficient (Wildman–Crippen LogP) is 1.55. The number of hydrogen-bond acceptors (Lipinski definition) is 2. The molecule has 0 saturated heterocycles. The van der Waals surface area contributed by atoms with Crippen LogP contribution >= 0.6 is 11.6 Å². The Balaban J connectivity index is 2.68. The lowest BCUT2D eigenvalue weighted by Gasteiger charge is -2.05. The van der Waals surface area contributed by atoms with Crippen molar-refractivity contribution in [2.45, 2.75) is 6.92 Å². The molecule has 1 aromatic rings. The summed E-state index contributed by atoms with van der Waals surface area (Å²) in [6.07, 6.45) is 0. The van der Waals surface area contributed by atoms with Crippen molar-refractivity contribution in [3.05, 3.63) is 28.8 Å². The minimum atomic E-state index is -0.392. The molecule has 1 amide bonds. The molecule has 0 atom stereocenters. The lowest BCUT2D eigenvalue weighted by molar-refractivity contribution is -0.116. The highest BCUT2D eigenvalue weighted by Crippen LogP contribution is 2.19. The molecule has 0 saturated carbocycles. The fourth-order valence-electron chi connectivity index (χ4n) is 0.892. The number of benzene rings is 1. The predicted molar refractivity (Wildman–Crippen MR) is 53.9 cm³/mol. The summed E-state index contributed by atoms with van der Waals surface area (Å²) in [7, 11) is 0. The normalized spacial score (nSPS) is 9.69. The van der Waals surface area contributed by atoms with E-state index in [0.29, 0.717) is 5.02 Å². The van der Waals surface area contributed by atoms with Crippen LogP contribution in [0.25, 0.3) is 0 Å². The van der Waals surface area contributed by atoms with Crippen molar-refractivity contribution in [3.8, 4) is 0 Å². The molecule has 0 spiro atoms. The molecule has 3 nitrogen and oxygen atoms in total. The third kappa shape index (κ3) is 2.95. The first-order chi connectivity index (χ1) is 6.09. The fraction of sp³-hybridized carbons (Fsp3) is 0.222. The van der Waals surface area contributed by atoms with E-state index in [9.17, 15) is 4.79 Å². The molecule has 0 heterocycles. The number of aryl methyl sites for hydroxylation is 1. The zero-order chi connectivity index (χ0) is 9.84. The second-order valence-corrected chi connectivity index (χ2v) is 3.19. The van der Waals surface area contributed by atoms with Crippen molar-refractivity contribution in [3.63, 3.8) is 0 Å². The largest absolute Gasteiger partial charge is 0.376 e. The fourth-order valence-corrected chi connectivity index (χ4v) is 1.07. The molecular weight excluding hydrogens is 188 g/mol. The second-order valence-electron chi connectivity index (χ2n) is 2.78. The Morgan fingerprint density at radius 1 is 1.62 bits per heavy atom. The van der Waals surface area contributed by atoms with Crippen LogP contribution < -0.4 is 11.1 Å². The van der Waals surface area contributed by atoms with Gasteiger partial charge in [0.1, 0.15) is 0 Å². The zero-order valence-corrected chi connectivity index (χ0v) is 8.06. The van der Waals surface area contributed by atoms with E-state index in [4.69, 9.17) is 17.3 Å². The zero-order valence-electron chi connectivity index (χ0n) is 7.30. The van der Waals surface area contributed by atoms with Crippen LogP contribution in [0.4, 0.5) is 5.69 Å². The van der Waals surface area contributed by atoms with E-state index >= 15 is 0 Å².